The Morgan fingerprint density at radius 2 is 0.842 bits per heavy atom. The molecule has 0 aromatic heterocycles. The molecule has 2 rings (SSSR count). The minimum absolute atomic E-state index is 1.28. The average molecular weight is 254 g/mol. The van der Waals surface area contributed by atoms with Crippen LogP contribution >= 0.6 is 0 Å². The van der Waals surface area contributed by atoms with E-state index in [1.54, 1.807) is 6.92 Å². The minimum atomic E-state index is 1.28. The molecule has 0 saturated carbocycles. The van der Waals surface area contributed by atoms with E-state index in [1.165, 1.54) is 11.1 Å². The van der Waals surface area contributed by atoms with Crippen molar-refractivity contribution in [3.63, 3.8) is 0 Å². The quantitative estimate of drug-likeness (QED) is 0.544. The van der Waals surface area contributed by atoms with Crippen LogP contribution in [-0.2, 0) is 0 Å². The largest absolute Gasteiger partial charge is 0.120 e. The van der Waals surface area contributed by atoms with Crippen LogP contribution in [0, 0.1) is 12.3 Å². The van der Waals surface area contributed by atoms with Crippen molar-refractivity contribution >= 4 is 0 Å². The fourth-order valence-electron chi connectivity index (χ4n) is 1.26. The Hall–Kier alpha value is -2.00. The Morgan fingerprint density at radius 1 is 0.632 bits per heavy atom. The Balaban J connectivity index is 0. The van der Waals surface area contributed by atoms with Gasteiger partial charge in [-0.25, -0.2) is 0 Å². The fourth-order valence-corrected chi connectivity index (χ4v) is 1.26. The van der Waals surface area contributed by atoms with Gasteiger partial charge in [0, 0.05) is 0 Å². The molecule has 0 radical (unpaired) electrons. The van der Waals surface area contributed by atoms with Crippen molar-refractivity contribution in [1.29, 1.82) is 0 Å². The van der Waals surface area contributed by atoms with Gasteiger partial charge in [0.1, 0.15) is 0 Å². The van der Waals surface area contributed by atoms with Crippen molar-refractivity contribution in [2.24, 2.45) is 0 Å². The number of hydrogen-bond acceptors (Lipinski definition) is 0. The van der Waals surface area contributed by atoms with E-state index in [4.69, 9.17) is 0 Å². The van der Waals surface area contributed by atoms with E-state index in [1.807, 2.05) is 39.8 Å². The lowest BCUT2D eigenvalue weighted by molar-refractivity contribution is 1.50. The molecule has 0 fully saturated rings. The second-order valence-electron chi connectivity index (χ2n) is 3.02. The van der Waals surface area contributed by atoms with Crippen LogP contribution in [0.1, 0.15) is 34.6 Å². The van der Waals surface area contributed by atoms with Crippen LogP contribution in [0.15, 0.2) is 60.7 Å². The summed E-state index contributed by atoms with van der Waals surface area (Å²) in [5.41, 5.74) is 2.55. The molecule has 0 N–H and O–H groups in total. The zero-order chi connectivity index (χ0) is 14.9. The Kier molecular flexibility index (Phi) is 16.3. The number of hydrogen-bond donors (Lipinski definition) is 0. The molecule has 0 heterocycles. The molecule has 2 aromatic rings. The molecule has 2 aromatic carbocycles. The van der Waals surface area contributed by atoms with Crippen LogP contribution < -0.4 is 0 Å². The van der Waals surface area contributed by atoms with Gasteiger partial charge in [-0.05, 0) is 18.1 Å². The Bertz CT molecular complexity index is 369. The number of terminal acetylenes is 1. The van der Waals surface area contributed by atoms with Gasteiger partial charge in [-0.15, -0.1) is 12.3 Å². The first kappa shape index (κ1) is 19.3. The lowest BCUT2D eigenvalue weighted by Gasteiger charge is -1.98. The third kappa shape index (κ3) is 9.68. The lowest BCUT2D eigenvalue weighted by atomic mass is 10.1. The van der Waals surface area contributed by atoms with Gasteiger partial charge in [-0.2, -0.15) is 0 Å². The van der Waals surface area contributed by atoms with Crippen LogP contribution in [0.5, 0.6) is 0 Å². The zero-order valence-electron chi connectivity index (χ0n) is 12.9. The molecule has 0 unspecified atom stereocenters. The third-order valence-electron chi connectivity index (χ3n) is 1.88. The van der Waals surface area contributed by atoms with Crippen molar-refractivity contribution in [2.45, 2.75) is 34.6 Å². The summed E-state index contributed by atoms with van der Waals surface area (Å²) in [5, 5.41) is 0. The summed E-state index contributed by atoms with van der Waals surface area (Å²) in [6, 6.07) is 20.8. The summed E-state index contributed by atoms with van der Waals surface area (Å²) in [4.78, 5) is 0. The van der Waals surface area contributed by atoms with Gasteiger partial charge in [0.05, 0.1) is 0 Å². The maximum absolute atomic E-state index is 4.60. The molecule has 19 heavy (non-hydrogen) atoms. The predicted octanol–water partition coefficient (Wildman–Crippen LogP) is 6.05. The fraction of sp³-hybridized carbons (Fsp3) is 0.263. The molecule has 102 valence electrons. The highest BCUT2D eigenvalue weighted by molar-refractivity contribution is 5.62. The maximum atomic E-state index is 4.60. The molecule has 0 aliphatic heterocycles. The molecule has 0 heteroatoms. The molecule has 0 spiro atoms. The van der Waals surface area contributed by atoms with Gasteiger partial charge in [0.15, 0.2) is 0 Å². The minimum Gasteiger partial charge on any atom is -0.120 e. The van der Waals surface area contributed by atoms with Gasteiger partial charge in [-0.1, -0.05) is 88.4 Å². The van der Waals surface area contributed by atoms with Crippen molar-refractivity contribution in [3.05, 3.63) is 60.7 Å². The molecule has 0 saturated heterocycles. The summed E-state index contributed by atoms with van der Waals surface area (Å²) >= 11 is 0. The van der Waals surface area contributed by atoms with Gasteiger partial charge in [-0.3, -0.25) is 0 Å². The third-order valence-corrected chi connectivity index (χ3v) is 1.88. The first-order chi connectivity index (χ1) is 9.38. The standard InChI is InChI=1S/C12H10.C3H4.2C2H6/c1-3-7-11(8-4-1)12-9-5-2-6-10-12;1-3-2;2*1-2/h1-10H;1H,2H3;2*1-2H3. The van der Waals surface area contributed by atoms with E-state index < -0.39 is 0 Å². The molecular formula is C19H26. The van der Waals surface area contributed by atoms with Gasteiger partial charge in [0.25, 0.3) is 0 Å². The predicted molar refractivity (Wildman–Crippen MR) is 89.1 cm³/mol. The first-order valence-electron chi connectivity index (χ1n) is 6.86. The smallest absolute Gasteiger partial charge is 0.00297 e. The molecule has 0 bridgehead atoms. The highest BCUT2D eigenvalue weighted by Crippen LogP contribution is 2.17. The van der Waals surface area contributed by atoms with Crippen LogP contribution in [0.4, 0.5) is 0 Å². The molecule has 0 aliphatic carbocycles. The topological polar surface area (TPSA) is 0 Å². The molecule has 0 amide bonds. The van der Waals surface area contributed by atoms with Gasteiger partial charge in [0.2, 0.25) is 0 Å². The maximum Gasteiger partial charge on any atom is -0.00297 e. The van der Waals surface area contributed by atoms with Crippen molar-refractivity contribution in [1.82, 2.24) is 0 Å². The highest BCUT2D eigenvalue weighted by Gasteiger charge is 1.91. The summed E-state index contributed by atoms with van der Waals surface area (Å²) in [7, 11) is 0. The number of rotatable bonds is 1. The monoisotopic (exact) mass is 254 g/mol. The first-order valence-corrected chi connectivity index (χ1v) is 6.86. The number of benzene rings is 2. The van der Waals surface area contributed by atoms with Gasteiger partial charge < -0.3 is 0 Å². The molecular weight excluding hydrogens is 228 g/mol. The second-order valence-corrected chi connectivity index (χ2v) is 3.02. The van der Waals surface area contributed by atoms with Crippen LogP contribution in [0.25, 0.3) is 11.1 Å². The summed E-state index contributed by atoms with van der Waals surface area (Å²) < 4.78 is 0. The van der Waals surface area contributed by atoms with Crippen LogP contribution in [-0.4, -0.2) is 0 Å². The molecule has 0 nitrogen and oxygen atoms in total. The van der Waals surface area contributed by atoms with Crippen LogP contribution in [0.2, 0.25) is 0 Å². The molecule has 0 atom stereocenters. The van der Waals surface area contributed by atoms with E-state index in [0.717, 1.165) is 0 Å². The normalized spacial score (nSPS) is 7.16. The van der Waals surface area contributed by atoms with E-state index in [2.05, 4.69) is 60.9 Å². The van der Waals surface area contributed by atoms with Crippen molar-refractivity contribution < 1.29 is 0 Å². The van der Waals surface area contributed by atoms with E-state index in [9.17, 15) is 0 Å². The lowest BCUT2D eigenvalue weighted by Crippen LogP contribution is -1.73. The highest BCUT2D eigenvalue weighted by atomic mass is 14.0. The Morgan fingerprint density at radius 3 is 1.05 bits per heavy atom. The molecule has 0 aliphatic rings. The summed E-state index contributed by atoms with van der Waals surface area (Å²) in [6.45, 7) is 9.65. The second kappa shape index (κ2) is 16.0. The van der Waals surface area contributed by atoms with Crippen molar-refractivity contribution in [3.8, 4) is 23.5 Å². The van der Waals surface area contributed by atoms with Gasteiger partial charge >= 0.3 is 0 Å². The SMILES string of the molecule is C#CC.CC.CC.c1ccc(-c2ccccc2)cc1. The zero-order valence-corrected chi connectivity index (χ0v) is 12.9. The van der Waals surface area contributed by atoms with Crippen LogP contribution in [0.3, 0.4) is 0 Å². The van der Waals surface area contributed by atoms with Crippen molar-refractivity contribution in [2.75, 3.05) is 0 Å². The Labute approximate surface area is 119 Å². The van der Waals surface area contributed by atoms with E-state index >= 15 is 0 Å². The summed E-state index contributed by atoms with van der Waals surface area (Å²) in [6.07, 6.45) is 4.60. The van der Waals surface area contributed by atoms with E-state index in [0.29, 0.717) is 0 Å². The summed E-state index contributed by atoms with van der Waals surface area (Å²) in [5.74, 6) is 2.25. The average Bonchev–Trinajstić information content (AvgIpc) is 2.54. The van der Waals surface area contributed by atoms with E-state index in [-0.39, 0.29) is 0 Å².